The number of fused-ring (bicyclic) bond motifs is 1. The number of piperidine rings is 1. The summed E-state index contributed by atoms with van der Waals surface area (Å²) < 4.78 is 6.05. The van der Waals surface area contributed by atoms with Crippen LogP contribution in [0.3, 0.4) is 0 Å². The molecule has 6 nitrogen and oxygen atoms in total. The van der Waals surface area contributed by atoms with E-state index in [1.54, 1.807) is 18.5 Å². The van der Waals surface area contributed by atoms with E-state index in [-0.39, 0.29) is 5.91 Å². The molecule has 3 heterocycles. The molecule has 0 saturated carbocycles. The van der Waals surface area contributed by atoms with Crippen LogP contribution in [0.1, 0.15) is 64.0 Å². The van der Waals surface area contributed by atoms with Gasteiger partial charge in [0.15, 0.2) is 0 Å². The van der Waals surface area contributed by atoms with E-state index in [1.807, 2.05) is 29.2 Å². The summed E-state index contributed by atoms with van der Waals surface area (Å²) in [5, 5.41) is 0. The zero-order valence-electron chi connectivity index (χ0n) is 18.7. The molecule has 2 aromatic rings. The van der Waals surface area contributed by atoms with Gasteiger partial charge in [-0.3, -0.25) is 14.7 Å². The van der Waals surface area contributed by atoms with Crippen molar-refractivity contribution in [3.63, 3.8) is 0 Å². The fraction of sp³-hybridized carbons (Fsp3) is 0.520. The third-order valence-electron chi connectivity index (χ3n) is 6.73. The van der Waals surface area contributed by atoms with Crippen LogP contribution in [0.4, 0.5) is 11.4 Å². The Morgan fingerprint density at radius 1 is 1.06 bits per heavy atom. The van der Waals surface area contributed by atoms with Crippen molar-refractivity contribution in [3.8, 4) is 5.75 Å². The molecule has 2 N–H and O–H groups in total. The molecular weight excluding hydrogens is 388 g/mol. The van der Waals surface area contributed by atoms with E-state index in [0.717, 1.165) is 31.5 Å². The van der Waals surface area contributed by atoms with Crippen molar-refractivity contribution >= 4 is 17.3 Å². The van der Waals surface area contributed by atoms with Gasteiger partial charge in [0.1, 0.15) is 5.75 Å². The first-order valence-corrected chi connectivity index (χ1v) is 11.6. The molecule has 4 rings (SSSR count). The molecule has 0 aliphatic carbocycles. The van der Waals surface area contributed by atoms with Crippen LogP contribution in [-0.4, -0.2) is 41.0 Å². The third-order valence-corrected chi connectivity index (χ3v) is 6.73. The molecule has 6 heteroatoms. The molecule has 3 atom stereocenters. The lowest BCUT2D eigenvalue weighted by Gasteiger charge is -2.39. The lowest BCUT2D eigenvalue weighted by Crippen LogP contribution is -2.44. The number of nitrogen functional groups attached to an aromatic ring is 1. The number of rotatable bonds is 7. The Balaban J connectivity index is 1.39. The van der Waals surface area contributed by atoms with Gasteiger partial charge in [0, 0.05) is 42.3 Å². The summed E-state index contributed by atoms with van der Waals surface area (Å²) in [6.45, 7) is 6.53. The number of ether oxygens (including phenoxy) is 1. The monoisotopic (exact) mass is 422 g/mol. The second-order valence-electron chi connectivity index (χ2n) is 8.89. The van der Waals surface area contributed by atoms with Gasteiger partial charge in [-0.05, 0) is 64.3 Å². The average Bonchev–Trinajstić information content (AvgIpc) is 2.77. The van der Waals surface area contributed by atoms with Gasteiger partial charge >= 0.3 is 0 Å². The van der Waals surface area contributed by atoms with E-state index in [4.69, 9.17) is 10.5 Å². The van der Waals surface area contributed by atoms with Gasteiger partial charge < -0.3 is 15.4 Å². The molecule has 1 saturated heterocycles. The fourth-order valence-corrected chi connectivity index (χ4v) is 4.94. The van der Waals surface area contributed by atoms with Gasteiger partial charge in [-0.25, -0.2) is 0 Å². The largest absolute Gasteiger partial charge is 0.473 e. The number of carbonyl (C=O) groups is 1. The van der Waals surface area contributed by atoms with E-state index in [2.05, 4.69) is 23.7 Å². The lowest BCUT2D eigenvalue weighted by molar-refractivity contribution is -0.126. The average molecular weight is 423 g/mol. The minimum absolute atomic E-state index is 0.0725. The molecule has 1 aromatic carbocycles. The van der Waals surface area contributed by atoms with Crippen LogP contribution in [-0.2, 0) is 4.79 Å². The number of aromatic nitrogens is 1. The smallest absolute Gasteiger partial charge is 0.273 e. The number of nitrogens with zero attached hydrogens (tertiary/aromatic N) is 3. The Kier molecular flexibility index (Phi) is 6.76. The highest BCUT2D eigenvalue weighted by Crippen LogP contribution is 2.39. The standard InChI is InChI=1S/C25H34N4O2/c1-18-9-8-10-19(2)28(18)15-6-3-7-16-29-22-11-4-5-12-23(22)31-24(25(29)30)20-17-27-14-13-21(20)26/h4-5,11-14,17-19,24H,3,6-10,15-16H2,1-2H3,(H2,26,27)/t18-,19+,24?. The summed E-state index contributed by atoms with van der Waals surface area (Å²) in [7, 11) is 0. The highest BCUT2D eigenvalue weighted by atomic mass is 16.5. The number of pyridine rings is 1. The maximum Gasteiger partial charge on any atom is 0.273 e. The summed E-state index contributed by atoms with van der Waals surface area (Å²) in [6, 6.07) is 10.8. The topological polar surface area (TPSA) is 71.7 Å². The lowest BCUT2D eigenvalue weighted by atomic mass is 9.97. The van der Waals surface area contributed by atoms with Crippen molar-refractivity contribution in [3.05, 3.63) is 48.3 Å². The number of anilines is 2. The number of unbranched alkanes of at least 4 members (excludes halogenated alkanes) is 2. The second kappa shape index (κ2) is 9.69. The maximum atomic E-state index is 13.3. The van der Waals surface area contributed by atoms with E-state index in [0.29, 0.717) is 35.6 Å². The highest BCUT2D eigenvalue weighted by molar-refractivity contribution is 6.01. The number of hydrogen-bond acceptors (Lipinski definition) is 5. The predicted octanol–water partition coefficient (Wildman–Crippen LogP) is 4.56. The van der Waals surface area contributed by atoms with Gasteiger partial charge in [0.05, 0.1) is 5.69 Å². The van der Waals surface area contributed by atoms with Crippen LogP contribution in [0.5, 0.6) is 5.75 Å². The van der Waals surface area contributed by atoms with Gasteiger partial charge in [0.2, 0.25) is 6.10 Å². The minimum atomic E-state index is -0.751. The van der Waals surface area contributed by atoms with Gasteiger partial charge in [0.25, 0.3) is 5.91 Å². The second-order valence-corrected chi connectivity index (χ2v) is 8.89. The summed E-state index contributed by atoms with van der Waals surface area (Å²) in [5.41, 5.74) is 8.10. The van der Waals surface area contributed by atoms with Crippen molar-refractivity contribution in [2.45, 2.75) is 70.6 Å². The van der Waals surface area contributed by atoms with Crippen LogP contribution in [0.25, 0.3) is 0 Å². The third kappa shape index (κ3) is 4.69. The Morgan fingerprint density at radius 3 is 2.58 bits per heavy atom. The molecule has 1 aromatic heterocycles. The zero-order chi connectivity index (χ0) is 21.8. The van der Waals surface area contributed by atoms with Gasteiger partial charge in [-0.1, -0.05) is 25.0 Å². The number of carbonyl (C=O) groups excluding carboxylic acids is 1. The first-order chi connectivity index (χ1) is 15.1. The van der Waals surface area contributed by atoms with Crippen LogP contribution in [0.2, 0.25) is 0 Å². The first-order valence-electron chi connectivity index (χ1n) is 11.6. The Hall–Kier alpha value is -2.60. The molecule has 0 spiro atoms. The van der Waals surface area contributed by atoms with E-state index < -0.39 is 6.10 Å². The Labute approximate surface area is 185 Å². The van der Waals surface area contributed by atoms with Crippen molar-refractivity contribution < 1.29 is 9.53 Å². The molecule has 31 heavy (non-hydrogen) atoms. The summed E-state index contributed by atoms with van der Waals surface area (Å²) in [6.07, 6.45) is 9.69. The molecule has 0 radical (unpaired) electrons. The summed E-state index contributed by atoms with van der Waals surface area (Å²) >= 11 is 0. The summed E-state index contributed by atoms with van der Waals surface area (Å²) in [5.74, 6) is 0.642. The Morgan fingerprint density at radius 2 is 1.81 bits per heavy atom. The van der Waals surface area contributed by atoms with Crippen molar-refractivity contribution in [2.75, 3.05) is 23.7 Å². The molecule has 0 bridgehead atoms. The van der Waals surface area contributed by atoms with Crippen LogP contribution >= 0.6 is 0 Å². The molecule has 1 fully saturated rings. The first kappa shape index (κ1) is 21.6. The molecular formula is C25H34N4O2. The van der Waals surface area contributed by atoms with E-state index in [1.165, 1.54) is 19.3 Å². The van der Waals surface area contributed by atoms with Crippen molar-refractivity contribution in [1.82, 2.24) is 9.88 Å². The van der Waals surface area contributed by atoms with E-state index in [9.17, 15) is 4.79 Å². The number of amides is 1. The van der Waals surface area contributed by atoms with E-state index >= 15 is 0 Å². The molecule has 1 amide bonds. The number of benzene rings is 1. The fourth-order valence-electron chi connectivity index (χ4n) is 4.94. The number of hydrogen-bond donors (Lipinski definition) is 1. The molecule has 166 valence electrons. The van der Waals surface area contributed by atoms with Gasteiger partial charge in [-0.15, -0.1) is 0 Å². The SMILES string of the molecule is C[C@@H]1CCC[C@H](C)N1CCCCCN1C(=O)C(c2cnccc2N)Oc2ccccc21. The maximum absolute atomic E-state index is 13.3. The van der Waals surface area contributed by atoms with Crippen LogP contribution in [0.15, 0.2) is 42.7 Å². The molecule has 2 aliphatic rings. The quantitative estimate of drug-likeness (QED) is 0.662. The van der Waals surface area contributed by atoms with Crippen LogP contribution < -0.4 is 15.4 Å². The zero-order valence-corrected chi connectivity index (χ0v) is 18.7. The normalized spacial score (nSPS) is 24.0. The summed E-state index contributed by atoms with van der Waals surface area (Å²) in [4.78, 5) is 22.0. The van der Waals surface area contributed by atoms with Gasteiger partial charge in [-0.2, -0.15) is 0 Å². The Bertz CT molecular complexity index is 893. The molecule has 1 unspecified atom stereocenters. The predicted molar refractivity (Wildman–Crippen MR) is 124 cm³/mol. The highest BCUT2D eigenvalue weighted by Gasteiger charge is 2.36. The molecule has 2 aliphatic heterocycles. The minimum Gasteiger partial charge on any atom is -0.473 e. The van der Waals surface area contributed by atoms with Crippen molar-refractivity contribution in [1.29, 1.82) is 0 Å². The van der Waals surface area contributed by atoms with Crippen molar-refractivity contribution in [2.24, 2.45) is 0 Å². The number of nitrogens with two attached hydrogens (primary N) is 1. The van der Waals surface area contributed by atoms with Crippen LogP contribution in [0, 0.1) is 0 Å². The number of para-hydroxylation sites is 2. The number of likely N-dealkylation sites (tertiary alicyclic amines) is 1.